The number of amides is 10. The number of aliphatic hydroxyl groups is 1. The number of primary amides is 3. The molecule has 8 atom stereocenters. The number of guanidine groups is 1. The maximum absolute atomic E-state index is 14.0. The summed E-state index contributed by atoms with van der Waals surface area (Å²) in [5, 5.41) is 24.4. The molecule has 0 aromatic carbocycles. The molecule has 1 aliphatic rings. The van der Waals surface area contributed by atoms with Crippen LogP contribution >= 0.6 is 0 Å². The molecule has 27 heteroatoms. The fraction of sp³-hybridized carbons (Fsp3) is 0.632. The average Bonchev–Trinajstić information content (AvgIpc) is 3.95. The number of aromatic nitrogens is 2. The molecule has 0 radical (unpaired) electrons. The molecule has 0 saturated carbocycles. The van der Waals surface area contributed by atoms with Gasteiger partial charge < -0.3 is 81.3 Å². The summed E-state index contributed by atoms with van der Waals surface area (Å²) in [5.74, 6) is -9.16. The van der Waals surface area contributed by atoms with Gasteiger partial charge in [-0.1, -0.05) is 13.8 Å². The van der Waals surface area contributed by atoms with E-state index >= 15 is 0 Å². The highest BCUT2D eigenvalue weighted by Gasteiger charge is 2.38. The molecular weight excluding hydrogens is 857 g/mol. The van der Waals surface area contributed by atoms with Crippen LogP contribution in [0.4, 0.5) is 0 Å². The van der Waals surface area contributed by atoms with E-state index in [9.17, 15) is 53.1 Å². The molecule has 1 aromatic heterocycles. The number of carbonyl (C=O) groups excluding carboxylic acids is 10. The van der Waals surface area contributed by atoms with Gasteiger partial charge in [0.1, 0.15) is 48.3 Å². The Morgan fingerprint density at radius 1 is 0.769 bits per heavy atom. The number of nitrogens with one attached hydrogen (secondary N) is 7. The van der Waals surface area contributed by atoms with Gasteiger partial charge >= 0.3 is 0 Å². The van der Waals surface area contributed by atoms with Crippen molar-refractivity contribution in [2.45, 2.75) is 127 Å². The molecule has 1 saturated heterocycles. The second kappa shape index (κ2) is 26.7. The minimum atomic E-state index is -1.55. The van der Waals surface area contributed by atoms with E-state index < -0.39 is 126 Å². The molecule has 1 aromatic rings. The Bertz CT molecular complexity index is 1870. The zero-order valence-corrected chi connectivity index (χ0v) is 36.7. The maximum atomic E-state index is 14.0. The minimum absolute atomic E-state index is 0.0147. The van der Waals surface area contributed by atoms with E-state index in [2.05, 4.69) is 46.9 Å². The molecule has 2 rings (SSSR count). The third-order valence-corrected chi connectivity index (χ3v) is 10.2. The first-order chi connectivity index (χ1) is 30.5. The lowest BCUT2D eigenvalue weighted by Crippen LogP contribution is -2.60. The third-order valence-electron chi connectivity index (χ3n) is 10.2. The number of H-pyrrole nitrogens is 1. The van der Waals surface area contributed by atoms with E-state index in [1.54, 1.807) is 13.8 Å². The standard InChI is InChI=1S/C38H64N16O11/c1-18(2)29(36(64)49-22(30(42)58)8-10-27(40)56)53-33(61)23(6-4-12-46-38(43)44)50-32(60)24(9-11-28(41)57)51-34(62)25(14-20-15-45-17-47-20)52-31(59)19(3)48-35(63)26-7-5-13-54(26)37(65)21(39)16-55/h15,17-19,21-26,29,55H,4-14,16,39H2,1-3H3,(H2,40,56)(H2,41,57)(H2,42,58)(H,45,47)(H,48,63)(H,49,64)(H,50,60)(H,51,62)(H,52,59)(H,53,61)(H4,43,44,46)/t19-,21-,22-,23-,24-,25-,26-,29-/m0/s1. The lowest BCUT2D eigenvalue weighted by Gasteiger charge is -2.28. The van der Waals surface area contributed by atoms with E-state index in [1.165, 1.54) is 24.3 Å². The maximum Gasteiger partial charge on any atom is 0.243 e. The Morgan fingerprint density at radius 2 is 1.32 bits per heavy atom. The molecule has 20 N–H and O–H groups in total. The first-order valence-corrected chi connectivity index (χ1v) is 20.9. The number of nitrogens with zero attached hydrogens (tertiary/aromatic N) is 3. The summed E-state index contributed by atoms with van der Waals surface area (Å²) in [7, 11) is 0. The van der Waals surface area contributed by atoms with Gasteiger partial charge in [0.2, 0.25) is 59.1 Å². The Labute approximate surface area is 374 Å². The van der Waals surface area contributed by atoms with Crippen LogP contribution < -0.4 is 66.3 Å². The van der Waals surface area contributed by atoms with Crippen LogP contribution in [0.2, 0.25) is 0 Å². The molecule has 65 heavy (non-hydrogen) atoms. The highest BCUT2D eigenvalue weighted by atomic mass is 16.3. The number of nitrogens with two attached hydrogens (primary N) is 6. The van der Waals surface area contributed by atoms with E-state index in [1.807, 2.05) is 0 Å². The molecule has 0 aliphatic carbocycles. The van der Waals surface area contributed by atoms with Crippen molar-refractivity contribution in [3.05, 3.63) is 18.2 Å². The number of hydrogen-bond donors (Lipinski definition) is 14. The van der Waals surface area contributed by atoms with Gasteiger partial charge in [0.05, 0.1) is 12.9 Å². The summed E-state index contributed by atoms with van der Waals surface area (Å²) in [6.45, 7) is 4.11. The van der Waals surface area contributed by atoms with Crippen LogP contribution in [-0.4, -0.2) is 153 Å². The molecule has 0 bridgehead atoms. The molecule has 1 fully saturated rings. The largest absolute Gasteiger partial charge is 0.394 e. The normalized spacial score (nSPS) is 16.6. The number of carbonyl (C=O) groups is 10. The van der Waals surface area contributed by atoms with Gasteiger partial charge in [0, 0.05) is 44.2 Å². The van der Waals surface area contributed by atoms with E-state index in [4.69, 9.17) is 34.4 Å². The molecule has 0 spiro atoms. The predicted molar refractivity (Wildman–Crippen MR) is 230 cm³/mol. The quantitative estimate of drug-likeness (QED) is 0.0211. The SMILES string of the molecule is CC(C)[C@H](NC(=O)[C@H](CCCN=C(N)N)NC(=O)[C@H](CCC(N)=O)NC(=O)[C@H](Cc1cnc[nH]1)NC(=O)[C@H](C)NC(=O)[C@@H]1CCCN1C(=O)[C@@H](N)CO)C(=O)N[C@@H](CCC(N)=O)C(N)=O. The zero-order valence-electron chi connectivity index (χ0n) is 36.7. The summed E-state index contributed by atoms with van der Waals surface area (Å²) in [4.78, 5) is 142. The Hall–Kier alpha value is -6.90. The zero-order chi connectivity index (χ0) is 49.0. The highest BCUT2D eigenvalue weighted by Crippen LogP contribution is 2.19. The molecule has 2 heterocycles. The fourth-order valence-corrected chi connectivity index (χ4v) is 6.59. The summed E-state index contributed by atoms with van der Waals surface area (Å²) in [6.07, 6.45) is 1.95. The third kappa shape index (κ3) is 18.4. The van der Waals surface area contributed by atoms with Gasteiger partial charge in [-0.25, -0.2) is 4.98 Å². The van der Waals surface area contributed by atoms with Crippen molar-refractivity contribution >= 4 is 65.0 Å². The van der Waals surface area contributed by atoms with Gasteiger partial charge in [-0.2, -0.15) is 0 Å². The first kappa shape index (κ1) is 54.2. The molecule has 10 amide bonds. The van der Waals surface area contributed by atoms with Crippen molar-refractivity contribution < 1.29 is 53.1 Å². The van der Waals surface area contributed by atoms with Gasteiger partial charge in [0.15, 0.2) is 5.96 Å². The lowest BCUT2D eigenvalue weighted by molar-refractivity contribution is -0.141. The van der Waals surface area contributed by atoms with E-state index in [0.717, 1.165) is 0 Å². The number of imidazole rings is 1. The molecular formula is C38H64N16O11. The molecule has 1 aliphatic heterocycles. The van der Waals surface area contributed by atoms with Gasteiger partial charge in [-0.05, 0) is 51.4 Å². The van der Waals surface area contributed by atoms with Crippen molar-refractivity contribution in [3.8, 4) is 0 Å². The summed E-state index contributed by atoms with van der Waals surface area (Å²) >= 11 is 0. The van der Waals surface area contributed by atoms with Crippen LogP contribution in [0.25, 0.3) is 0 Å². The van der Waals surface area contributed by atoms with Crippen molar-refractivity contribution in [2.75, 3.05) is 19.7 Å². The minimum Gasteiger partial charge on any atom is -0.394 e. The van der Waals surface area contributed by atoms with E-state index in [-0.39, 0.29) is 64.0 Å². The lowest BCUT2D eigenvalue weighted by atomic mass is 10.0. The first-order valence-electron chi connectivity index (χ1n) is 20.9. The monoisotopic (exact) mass is 920 g/mol. The summed E-state index contributed by atoms with van der Waals surface area (Å²) in [6, 6.07) is -10.5. The number of aliphatic hydroxyl groups excluding tert-OH is 1. The number of rotatable bonds is 28. The number of aromatic amines is 1. The van der Waals surface area contributed by atoms with Crippen LogP contribution in [0.1, 0.15) is 77.8 Å². The fourth-order valence-electron chi connectivity index (χ4n) is 6.59. The highest BCUT2D eigenvalue weighted by molar-refractivity contribution is 5.98. The average molecular weight is 921 g/mol. The van der Waals surface area contributed by atoms with Crippen LogP contribution in [0, 0.1) is 5.92 Å². The van der Waals surface area contributed by atoms with Gasteiger partial charge in [-0.3, -0.25) is 52.9 Å². The predicted octanol–water partition coefficient (Wildman–Crippen LogP) is -7.08. The van der Waals surface area contributed by atoms with Crippen molar-refractivity contribution in [1.29, 1.82) is 0 Å². The van der Waals surface area contributed by atoms with Crippen molar-refractivity contribution in [3.63, 3.8) is 0 Å². The van der Waals surface area contributed by atoms with Gasteiger partial charge in [0.25, 0.3) is 0 Å². The number of likely N-dealkylation sites (tertiary alicyclic amines) is 1. The molecule has 0 unspecified atom stereocenters. The second-order valence-electron chi connectivity index (χ2n) is 15.8. The molecule has 362 valence electrons. The summed E-state index contributed by atoms with van der Waals surface area (Å²) < 4.78 is 0. The Morgan fingerprint density at radius 3 is 1.86 bits per heavy atom. The van der Waals surface area contributed by atoms with E-state index in [0.29, 0.717) is 12.1 Å². The smallest absolute Gasteiger partial charge is 0.243 e. The number of hydrogen-bond acceptors (Lipinski definition) is 14. The number of aliphatic imine (C=N–C) groups is 1. The Kier molecular flexibility index (Phi) is 22.2. The summed E-state index contributed by atoms with van der Waals surface area (Å²) in [5.41, 5.74) is 32.9. The Balaban J connectivity index is 2.35. The molecule has 27 nitrogen and oxygen atoms in total. The van der Waals surface area contributed by atoms with Gasteiger partial charge in [-0.15, -0.1) is 0 Å². The van der Waals surface area contributed by atoms with Crippen molar-refractivity contribution in [2.24, 2.45) is 45.3 Å². The van der Waals surface area contributed by atoms with Crippen LogP contribution in [0.15, 0.2) is 17.5 Å². The second-order valence-corrected chi connectivity index (χ2v) is 15.8. The topological polar surface area (TPSA) is 464 Å². The van der Waals surface area contributed by atoms with Crippen LogP contribution in [0.3, 0.4) is 0 Å². The van der Waals surface area contributed by atoms with Crippen LogP contribution in [-0.2, 0) is 54.4 Å². The van der Waals surface area contributed by atoms with Crippen molar-refractivity contribution in [1.82, 2.24) is 46.8 Å². The van der Waals surface area contributed by atoms with Crippen LogP contribution in [0.5, 0.6) is 0 Å².